The molecule has 1 N–H and O–H groups in total. The van der Waals surface area contributed by atoms with Gasteiger partial charge >= 0.3 is 5.97 Å². The zero-order chi connectivity index (χ0) is 16.6. The normalized spacial score (nSPS) is 17.6. The fourth-order valence-electron chi connectivity index (χ4n) is 3.13. The van der Waals surface area contributed by atoms with E-state index in [9.17, 15) is 4.79 Å². The number of nitrogens with zero attached hydrogens (tertiary/aromatic N) is 1. The molecule has 4 heteroatoms. The zero-order valence-electron chi connectivity index (χ0n) is 15.3. The SMILES string of the molecule is CCOC(=O)C(C)(CC(C)N(CC)C(C)CC)NC(C)C. The fraction of sp³-hybridized carbons (Fsp3) is 0.941. The van der Waals surface area contributed by atoms with Crippen molar-refractivity contribution < 1.29 is 9.53 Å². The van der Waals surface area contributed by atoms with Gasteiger partial charge in [0.05, 0.1) is 6.61 Å². The van der Waals surface area contributed by atoms with Crippen LogP contribution in [0.5, 0.6) is 0 Å². The smallest absolute Gasteiger partial charge is 0.326 e. The second-order valence-electron chi connectivity index (χ2n) is 6.49. The Bertz CT molecular complexity index is 307. The molecule has 0 saturated carbocycles. The van der Waals surface area contributed by atoms with E-state index in [0.29, 0.717) is 18.7 Å². The van der Waals surface area contributed by atoms with Crippen molar-refractivity contribution in [2.45, 2.75) is 91.9 Å². The van der Waals surface area contributed by atoms with Crippen LogP contribution in [-0.2, 0) is 9.53 Å². The summed E-state index contributed by atoms with van der Waals surface area (Å²) in [5.74, 6) is -0.147. The Morgan fingerprint density at radius 1 is 1.14 bits per heavy atom. The van der Waals surface area contributed by atoms with E-state index < -0.39 is 5.54 Å². The molecule has 21 heavy (non-hydrogen) atoms. The van der Waals surface area contributed by atoms with Crippen molar-refractivity contribution in [3.05, 3.63) is 0 Å². The molecule has 4 nitrogen and oxygen atoms in total. The van der Waals surface area contributed by atoms with Crippen LogP contribution in [-0.4, -0.2) is 47.7 Å². The zero-order valence-corrected chi connectivity index (χ0v) is 15.3. The van der Waals surface area contributed by atoms with Crippen molar-refractivity contribution in [3.8, 4) is 0 Å². The third-order valence-corrected chi connectivity index (χ3v) is 4.13. The van der Waals surface area contributed by atoms with E-state index in [4.69, 9.17) is 4.74 Å². The van der Waals surface area contributed by atoms with Crippen LogP contribution in [0.3, 0.4) is 0 Å². The van der Waals surface area contributed by atoms with Gasteiger partial charge in [-0.3, -0.25) is 15.0 Å². The number of carbonyl (C=O) groups excluding carboxylic acids is 1. The third-order valence-electron chi connectivity index (χ3n) is 4.13. The van der Waals surface area contributed by atoms with E-state index in [1.807, 2.05) is 13.8 Å². The first-order chi connectivity index (χ1) is 9.71. The van der Waals surface area contributed by atoms with E-state index in [1.54, 1.807) is 0 Å². The molecule has 0 spiro atoms. The summed E-state index contributed by atoms with van der Waals surface area (Å²) in [5, 5.41) is 3.41. The molecule has 0 aliphatic carbocycles. The van der Waals surface area contributed by atoms with Gasteiger partial charge in [-0.25, -0.2) is 0 Å². The van der Waals surface area contributed by atoms with E-state index in [-0.39, 0.29) is 12.0 Å². The van der Waals surface area contributed by atoms with Gasteiger partial charge in [0.1, 0.15) is 5.54 Å². The van der Waals surface area contributed by atoms with E-state index in [1.165, 1.54) is 0 Å². The molecule has 0 bridgehead atoms. The maximum absolute atomic E-state index is 12.4. The van der Waals surface area contributed by atoms with E-state index in [2.05, 4.69) is 51.8 Å². The Hall–Kier alpha value is -0.610. The van der Waals surface area contributed by atoms with Crippen molar-refractivity contribution in [1.82, 2.24) is 10.2 Å². The Kier molecular flexibility index (Phi) is 9.14. The van der Waals surface area contributed by atoms with Gasteiger partial charge in [-0.05, 0) is 60.9 Å². The first-order valence-electron chi connectivity index (χ1n) is 8.42. The van der Waals surface area contributed by atoms with Gasteiger partial charge in [0, 0.05) is 18.1 Å². The number of hydrogen-bond donors (Lipinski definition) is 1. The Morgan fingerprint density at radius 3 is 2.10 bits per heavy atom. The first-order valence-corrected chi connectivity index (χ1v) is 8.42. The average Bonchev–Trinajstić information content (AvgIpc) is 2.38. The van der Waals surface area contributed by atoms with Crippen LogP contribution in [0, 0.1) is 0 Å². The summed E-state index contributed by atoms with van der Waals surface area (Å²) in [5.41, 5.74) is -0.634. The quantitative estimate of drug-likeness (QED) is 0.629. The Labute approximate surface area is 131 Å². The highest BCUT2D eigenvalue weighted by Gasteiger charge is 2.38. The molecule has 0 rings (SSSR count). The molecule has 0 aromatic carbocycles. The van der Waals surface area contributed by atoms with Gasteiger partial charge in [0.2, 0.25) is 0 Å². The van der Waals surface area contributed by atoms with Crippen molar-refractivity contribution in [2.24, 2.45) is 0 Å². The molecule has 0 aromatic heterocycles. The van der Waals surface area contributed by atoms with Crippen LogP contribution in [0.25, 0.3) is 0 Å². The van der Waals surface area contributed by atoms with E-state index in [0.717, 1.165) is 19.4 Å². The highest BCUT2D eigenvalue weighted by Crippen LogP contribution is 2.21. The van der Waals surface area contributed by atoms with Crippen molar-refractivity contribution >= 4 is 5.97 Å². The number of esters is 1. The van der Waals surface area contributed by atoms with Crippen LogP contribution >= 0.6 is 0 Å². The molecule has 3 atom stereocenters. The maximum atomic E-state index is 12.4. The van der Waals surface area contributed by atoms with Gasteiger partial charge in [0.25, 0.3) is 0 Å². The first kappa shape index (κ1) is 20.4. The second-order valence-corrected chi connectivity index (χ2v) is 6.49. The van der Waals surface area contributed by atoms with Gasteiger partial charge in [-0.2, -0.15) is 0 Å². The standard InChI is InChI=1S/C17H36N2O2/c1-9-14(6)19(10-2)15(7)12-17(8,18-13(4)5)16(20)21-11-3/h13-15,18H,9-12H2,1-8H3. The summed E-state index contributed by atoms with van der Waals surface area (Å²) in [4.78, 5) is 14.8. The minimum absolute atomic E-state index is 0.147. The molecule has 0 aliphatic rings. The Balaban J connectivity index is 5.06. The monoisotopic (exact) mass is 300 g/mol. The molecule has 0 fully saturated rings. The Morgan fingerprint density at radius 2 is 1.71 bits per heavy atom. The fourth-order valence-corrected chi connectivity index (χ4v) is 3.13. The largest absolute Gasteiger partial charge is 0.465 e. The minimum Gasteiger partial charge on any atom is -0.465 e. The molecule has 0 aliphatic heterocycles. The van der Waals surface area contributed by atoms with Crippen molar-refractivity contribution in [2.75, 3.05) is 13.2 Å². The summed E-state index contributed by atoms with van der Waals surface area (Å²) >= 11 is 0. The number of carbonyl (C=O) groups is 1. The summed E-state index contributed by atoms with van der Waals surface area (Å²) in [6.45, 7) is 18.2. The number of rotatable bonds is 10. The van der Waals surface area contributed by atoms with E-state index >= 15 is 0 Å². The van der Waals surface area contributed by atoms with Gasteiger partial charge in [-0.1, -0.05) is 13.8 Å². The summed E-state index contributed by atoms with van der Waals surface area (Å²) in [7, 11) is 0. The minimum atomic E-state index is -0.634. The lowest BCUT2D eigenvalue weighted by Gasteiger charge is -2.39. The van der Waals surface area contributed by atoms with Gasteiger partial charge in [0.15, 0.2) is 0 Å². The molecular weight excluding hydrogens is 264 g/mol. The van der Waals surface area contributed by atoms with Gasteiger partial charge in [-0.15, -0.1) is 0 Å². The second kappa shape index (κ2) is 9.42. The van der Waals surface area contributed by atoms with Crippen LogP contribution in [0.2, 0.25) is 0 Å². The lowest BCUT2D eigenvalue weighted by Crippen LogP contribution is -2.57. The lowest BCUT2D eigenvalue weighted by molar-refractivity contribution is -0.151. The molecule has 0 amide bonds. The molecule has 3 unspecified atom stereocenters. The van der Waals surface area contributed by atoms with Crippen LogP contribution in [0.15, 0.2) is 0 Å². The van der Waals surface area contributed by atoms with Crippen LogP contribution in [0.4, 0.5) is 0 Å². The van der Waals surface area contributed by atoms with Crippen molar-refractivity contribution in [1.29, 1.82) is 0 Å². The number of nitrogens with one attached hydrogen (secondary N) is 1. The molecule has 0 heterocycles. The van der Waals surface area contributed by atoms with Crippen LogP contribution < -0.4 is 5.32 Å². The summed E-state index contributed by atoms with van der Waals surface area (Å²) in [6.07, 6.45) is 1.87. The summed E-state index contributed by atoms with van der Waals surface area (Å²) < 4.78 is 5.29. The highest BCUT2D eigenvalue weighted by molar-refractivity contribution is 5.80. The molecule has 0 aromatic rings. The highest BCUT2D eigenvalue weighted by atomic mass is 16.5. The maximum Gasteiger partial charge on any atom is 0.326 e. The third kappa shape index (κ3) is 6.35. The predicted molar refractivity (Wildman–Crippen MR) is 89.5 cm³/mol. The molecular formula is C17H36N2O2. The van der Waals surface area contributed by atoms with Crippen molar-refractivity contribution in [3.63, 3.8) is 0 Å². The summed E-state index contributed by atoms with van der Waals surface area (Å²) in [6, 6.07) is 1.09. The predicted octanol–water partition coefficient (Wildman–Crippen LogP) is 3.21. The topological polar surface area (TPSA) is 41.6 Å². The van der Waals surface area contributed by atoms with Gasteiger partial charge < -0.3 is 4.74 Å². The number of hydrogen-bond acceptors (Lipinski definition) is 4. The molecule has 126 valence electrons. The number of ether oxygens (including phenoxy) is 1. The average molecular weight is 300 g/mol. The van der Waals surface area contributed by atoms with Crippen LogP contribution in [0.1, 0.15) is 68.2 Å². The molecule has 0 radical (unpaired) electrons. The lowest BCUT2D eigenvalue weighted by atomic mass is 9.91. The molecule has 0 saturated heterocycles.